The lowest BCUT2D eigenvalue weighted by atomic mass is 9.85. The Hall–Kier alpha value is -2.52. The minimum Gasteiger partial charge on any atom is -0.390 e. The van der Waals surface area contributed by atoms with Gasteiger partial charge >= 0.3 is 0 Å². The van der Waals surface area contributed by atoms with E-state index in [1.165, 1.54) is 11.1 Å². The fourth-order valence-electron chi connectivity index (χ4n) is 5.50. The van der Waals surface area contributed by atoms with Crippen molar-refractivity contribution in [3.63, 3.8) is 0 Å². The number of methoxy groups -OCH3 is 1. The van der Waals surface area contributed by atoms with Gasteiger partial charge in [0.1, 0.15) is 5.82 Å². The van der Waals surface area contributed by atoms with Gasteiger partial charge in [0.25, 0.3) is 5.91 Å². The zero-order valence-corrected chi connectivity index (χ0v) is 25.6. The molecular formula is C33H50N4O4. The van der Waals surface area contributed by atoms with E-state index < -0.39 is 12.1 Å². The molecule has 0 unspecified atom stereocenters. The molecule has 0 saturated heterocycles. The van der Waals surface area contributed by atoms with E-state index in [2.05, 4.69) is 72.9 Å². The molecule has 1 aromatic heterocycles. The molecule has 1 fully saturated rings. The summed E-state index contributed by atoms with van der Waals surface area (Å²) in [5.41, 5.74) is 3.74. The molecule has 8 nitrogen and oxygen atoms in total. The molecule has 2 aliphatic rings. The van der Waals surface area contributed by atoms with Crippen LogP contribution in [0.4, 0.5) is 5.82 Å². The van der Waals surface area contributed by atoms with Crippen molar-refractivity contribution in [1.82, 2.24) is 15.6 Å². The van der Waals surface area contributed by atoms with Crippen molar-refractivity contribution in [2.45, 2.75) is 95.9 Å². The molecule has 1 saturated carbocycles. The van der Waals surface area contributed by atoms with Crippen LogP contribution in [0.2, 0.25) is 0 Å². The van der Waals surface area contributed by atoms with Crippen LogP contribution in [0.1, 0.15) is 93.4 Å². The first-order valence-electron chi connectivity index (χ1n) is 15.3. The quantitative estimate of drug-likeness (QED) is 0.378. The van der Waals surface area contributed by atoms with E-state index in [0.29, 0.717) is 43.3 Å². The van der Waals surface area contributed by atoms with Crippen LogP contribution in [-0.4, -0.2) is 61.6 Å². The van der Waals surface area contributed by atoms with Crippen molar-refractivity contribution < 1.29 is 19.4 Å². The summed E-state index contributed by atoms with van der Waals surface area (Å²) in [5, 5.41) is 21.7. The van der Waals surface area contributed by atoms with Crippen molar-refractivity contribution in [2.24, 2.45) is 5.92 Å². The first-order valence-corrected chi connectivity index (χ1v) is 15.3. The number of nitrogens with one attached hydrogen (secondary N) is 3. The predicted octanol–water partition coefficient (Wildman–Crippen LogP) is 4.90. The van der Waals surface area contributed by atoms with Gasteiger partial charge in [-0.2, -0.15) is 0 Å². The lowest BCUT2D eigenvalue weighted by molar-refractivity contribution is 0.0752. The Morgan fingerprint density at radius 1 is 1.20 bits per heavy atom. The molecular weight excluding hydrogens is 516 g/mol. The van der Waals surface area contributed by atoms with Gasteiger partial charge in [0.2, 0.25) is 0 Å². The molecule has 41 heavy (non-hydrogen) atoms. The van der Waals surface area contributed by atoms with Crippen LogP contribution in [-0.2, 0) is 27.0 Å². The maximum Gasteiger partial charge on any atom is 0.251 e. The average Bonchev–Trinajstić information content (AvgIpc) is 3.73. The maximum absolute atomic E-state index is 13.6. The van der Waals surface area contributed by atoms with Gasteiger partial charge < -0.3 is 30.5 Å². The number of ether oxygens (including phenoxy) is 2. The maximum atomic E-state index is 13.6. The Kier molecular flexibility index (Phi) is 10.8. The van der Waals surface area contributed by atoms with E-state index in [1.54, 1.807) is 19.2 Å². The summed E-state index contributed by atoms with van der Waals surface area (Å²) < 4.78 is 11.2. The van der Waals surface area contributed by atoms with Crippen molar-refractivity contribution in [3.8, 4) is 0 Å². The van der Waals surface area contributed by atoms with Crippen LogP contribution in [0.25, 0.3) is 0 Å². The minimum atomic E-state index is -0.748. The number of aliphatic hydroxyl groups is 1. The fourth-order valence-corrected chi connectivity index (χ4v) is 5.50. The van der Waals surface area contributed by atoms with Gasteiger partial charge in [0.15, 0.2) is 0 Å². The number of carbonyl (C=O) groups is 1. The molecule has 8 heteroatoms. The molecule has 1 aliphatic carbocycles. The lowest BCUT2D eigenvalue weighted by Crippen LogP contribution is -2.49. The normalized spacial score (nSPS) is 22.8. The third kappa shape index (κ3) is 8.98. The number of aliphatic hydroxyl groups excluding tert-OH is 1. The van der Waals surface area contributed by atoms with Crippen LogP contribution in [0.15, 0.2) is 36.4 Å². The first-order chi connectivity index (χ1) is 19.6. The summed E-state index contributed by atoms with van der Waals surface area (Å²) in [4.78, 5) is 18.2. The summed E-state index contributed by atoms with van der Waals surface area (Å²) >= 11 is 0. The molecule has 4 rings (SSSR count). The second-order valence-electron chi connectivity index (χ2n) is 13.0. The topological polar surface area (TPSA) is 105 Å². The number of anilines is 1. The van der Waals surface area contributed by atoms with E-state index in [-0.39, 0.29) is 22.8 Å². The number of nitrogens with zero attached hydrogens (tertiary/aromatic N) is 1. The highest BCUT2D eigenvalue weighted by Gasteiger charge is 2.44. The first kappa shape index (κ1) is 31.4. The average molecular weight is 567 g/mol. The molecule has 2 bridgehead atoms. The van der Waals surface area contributed by atoms with E-state index in [4.69, 9.17) is 9.47 Å². The number of pyridine rings is 1. The van der Waals surface area contributed by atoms with E-state index >= 15 is 0 Å². The zero-order valence-electron chi connectivity index (χ0n) is 25.6. The molecule has 1 amide bonds. The van der Waals surface area contributed by atoms with Gasteiger partial charge in [0.05, 0.1) is 24.4 Å². The molecule has 2 aromatic rings. The lowest BCUT2D eigenvalue weighted by Gasteiger charge is -2.29. The minimum absolute atomic E-state index is 0.0743. The third-order valence-electron chi connectivity index (χ3n) is 8.33. The second-order valence-corrected chi connectivity index (χ2v) is 13.0. The highest BCUT2D eigenvalue weighted by Crippen LogP contribution is 2.46. The summed E-state index contributed by atoms with van der Waals surface area (Å²) in [5.74, 6) is 0.712. The Labute approximate surface area is 246 Å². The van der Waals surface area contributed by atoms with Gasteiger partial charge in [0, 0.05) is 44.5 Å². The Morgan fingerprint density at radius 3 is 2.73 bits per heavy atom. The van der Waals surface area contributed by atoms with Crippen LogP contribution in [0, 0.1) is 5.92 Å². The summed E-state index contributed by atoms with van der Waals surface area (Å²) in [6.07, 6.45) is 4.77. The molecule has 226 valence electrons. The standard InChI is InChI=1S/C33H50N4O4/c1-23-11-16-41-15-7-6-14-34-30-19-24(18-27(36-30)22-40-5)31(39)37-28(17-23)29(38)21-35-33(12-13-33)26-10-8-9-25(20-26)32(2,3)4/h8-10,18-20,23,28-29,35,38H,6-7,11-17,21-22H2,1-5H3,(H,34,36)(H,37,39)/t23-,28+,29-/m1/s1. The van der Waals surface area contributed by atoms with E-state index in [1.807, 2.05) is 0 Å². The summed E-state index contributed by atoms with van der Waals surface area (Å²) in [6, 6.07) is 11.9. The number of hydrogen-bond acceptors (Lipinski definition) is 7. The number of aromatic nitrogens is 1. The highest BCUT2D eigenvalue weighted by molar-refractivity contribution is 5.95. The number of fused-ring (bicyclic) bond motifs is 2. The number of rotatable bonds is 7. The number of hydrogen-bond donors (Lipinski definition) is 4. The molecule has 3 atom stereocenters. The van der Waals surface area contributed by atoms with Gasteiger partial charge in [-0.1, -0.05) is 52.0 Å². The Morgan fingerprint density at radius 2 is 2.00 bits per heavy atom. The second kappa shape index (κ2) is 14.1. The molecule has 0 radical (unpaired) electrons. The van der Waals surface area contributed by atoms with Gasteiger partial charge in [-0.15, -0.1) is 0 Å². The molecule has 1 aromatic carbocycles. The molecule has 0 spiro atoms. The number of benzene rings is 1. The molecule has 1 aliphatic heterocycles. The van der Waals surface area contributed by atoms with Crippen molar-refractivity contribution in [3.05, 3.63) is 58.8 Å². The number of carbonyl (C=O) groups excluding carboxylic acids is 1. The SMILES string of the molecule is COCc1cc2cc(n1)NCCCCOCC[C@@H](C)C[C@@H]([C@H](O)CNC1(c3cccc(C(C)(C)C)c3)CC1)NC2=O. The van der Waals surface area contributed by atoms with E-state index in [0.717, 1.165) is 45.3 Å². The van der Waals surface area contributed by atoms with Crippen LogP contribution in [0.5, 0.6) is 0 Å². The third-order valence-corrected chi connectivity index (χ3v) is 8.33. The van der Waals surface area contributed by atoms with Gasteiger partial charge in [-0.05, 0) is 73.1 Å². The van der Waals surface area contributed by atoms with Crippen LogP contribution in [0.3, 0.4) is 0 Å². The Balaban J connectivity index is 1.50. The van der Waals surface area contributed by atoms with Gasteiger partial charge in [-0.3, -0.25) is 4.79 Å². The van der Waals surface area contributed by atoms with E-state index in [9.17, 15) is 9.90 Å². The monoisotopic (exact) mass is 566 g/mol. The number of amides is 1. The van der Waals surface area contributed by atoms with Crippen molar-refractivity contribution in [2.75, 3.05) is 38.7 Å². The summed E-state index contributed by atoms with van der Waals surface area (Å²) in [6.45, 7) is 11.7. The molecule has 4 N–H and O–H groups in total. The predicted molar refractivity (Wildman–Crippen MR) is 163 cm³/mol. The Bertz CT molecular complexity index is 1140. The van der Waals surface area contributed by atoms with Gasteiger partial charge in [-0.25, -0.2) is 4.98 Å². The fraction of sp³-hybridized carbons (Fsp3) is 0.636. The van der Waals surface area contributed by atoms with Crippen molar-refractivity contribution >= 4 is 11.7 Å². The highest BCUT2D eigenvalue weighted by atomic mass is 16.5. The zero-order chi connectivity index (χ0) is 29.5. The van der Waals surface area contributed by atoms with Crippen LogP contribution < -0.4 is 16.0 Å². The molecule has 2 heterocycles. The smallest absolute Gasteiger partial charge is 0.251 e. The summed E-state index contributed by atoms with van der Waals surface area (Å²) in [7, 11) is 1.62. The largest absolute Gasteiger partial charge is 0.390 e. The van der Waals surface area contributed by atoms with Crippen LogP contribution >= 0.6 is 0 Å². The van der Waals surface area contributed by atoms with Crippen molar-refractivity contribution in [1.29, 1.82) is 0 Å².